The fourth-order valence-corrected chi connectivity index (χ4v) is 2.13. The second-order valence-electron chi connectivity index (χ2n) is 4.67. The molecule has 0 atom stereocenters. The van der Waals surface area contributed by atoms with Crippen LogP contribution in [0.3, 0.4) is 0 Å². The van der Waals surface area contributed by atoms with Crippen molar-refractivity contribution < 1.29 is 18.5 Å². The van der Waals surface area contributed by atoms with Crippen molar-refractivity contribution in [3.63, 3.8) is 0 Å². The molecule has 1 aromatic heterocycles. The molecule has 0 aliphatic carbocycles. The summed E-state index contributed by atoms with van der Waals surface area (Å²) in [6, 6.07) is 9.75. The lowest BCUT2D eigenvalue weighted by atomic mass is 10.2. The largest absolute Gasteiger partial charge is 0.477 e. The molecule has 3 aromatic rings. The van der Waals surface area contributed by atoms with Crippen molar-refractivity contribution in [3.8, 4) is 17.2 Å². The van der Waals surface area contributed by atoms with Crippen LogP contribution < -0.4 is 4.74 Å². The maximum Gasteiger partial charge on any atom is 0.311 e. The summed E-state index contributed by atoms with van der Waals surface area (Å²) >= 11 is 5.89. The first-order valence-corrected chi connectivity index (χ1v) is 7.06. The minimum absolute atomic E-state index is 0.0866. The van der Waals surface area contributed by atoms with E-state index < -0.39 is 10.7 Å². The average molecular weight is 350 g/mol. The second-order valence-corrected chi connectivity index (χ2v) is 5.11. The molecule has 0 saturated heterocycles. The standard InChI is InChI=1S/C15H9ClFN3O4/c16-10-3-1-2-9(6-10)15-19-18-14(24-15)8-23-13-7-11(17)4-5-12(13)20(21)22/h1-7H,8H2. The fourth-order valence-electron chi connectivity index (χ4n) is 1.94. The highest BCUT2D eigenvalue weighted by molar-refractivity contribution is 6.30. The maximum atomic E-state index is 13.2. The first kappa shape index (κ1) is 15.9. The lowest BCUT2D eigenvalue weighted by Gasteiger charge is -2.04. The van der Waals surface area contributed by atoms with Gasteiger partial charge in [0.1, 0.15) is 5.82 Å². The van der Waals surface area contributed by atoms with Crippen LogP contribution in [0, 0.1) is 15.9 Å². The molecule has 0 saturated carbocycles. The molecule has 3 rings (SSSR count). The van der Waals surface area contributed by atoms with Crippen molar-refractivity contribution in [1.82, 2.24) is 10.2 Å². The van der Waals surface area contributed by atoms with E-state index in [9.17, 15) is 14.5 Å². The van der Waals surface area contributed by atoms with Gasteiger partial charge in [-0.15, -0.1) is 10.2 Å². The Kier molecular flexibility index (Phi) is 4.39. The van der Waals surface area contributed by atoms with Gasteiger partial charge in [0.15, 0.2) is 6.61 Å². The Labute approximate surface area is 139 Å². The van der Waals surface area contributed by atoms with Crippen LogP contribution >= 0.6 is 11.6 Å². The predicted molar refractivity (Wildman–Crippen MR) is 82.1 cm³/mol. The molecular formula is C15H9ClFN3O4. The fraction of sp³-hybridized carbons (Fsp3) is 0.0667. The number of ether oxygens (including phenoxy) is 1. The molecule has 2 aromatic carbocycles. The molecule has 9 heteroatoms. The molecule has 1 heterocycles. The normalized spacial score (nSPS) is 10.6. The summed E-state index contributed by atoms with van der Waals surface area (Å²) in [7, 11) is 0. The van der Waals surface area contributed by atoms with Gasteiger partial charge in [-0.1, -0.05) is 17.7 Å². The third-order valence-corrected chi connectivity index (χ3v) is 3.24. The molecule has 0 bridgehead atoms. The molecule has 0 radical (unpaired) electrons. The van der Waals surface area contributed by atoms with E-state index in [0.717, 1.165) is 18.2 Å². The highest BCUT2D eigenvalue weighted by Crippen LogP contribution is 2.28. The first-order chi connectivity index (χ1) is 11.5. The molecule has 0 unspecified atom stereocenters. The van der Waals surface area contributed by atoms with Crippen LogP contribution in [-0.2, 0) is 6.61 Å². The molecule has 0 fully saturated rings. The van der Waals surface area contributed by atoms with E-state index in [1.54, 1.807) is 24.3 Å². The van der Waals surface area contributed by atoms with Crippen molar-refractivity contribution >= 4 is 17.3 Å². The van der Waals surface area contributed by atoms with Gasteiger partial charge in [-0.2, -0.15) is 0 Å². The van der Waals surface area contributed by atoms with Crippen LogP contribution in [0.25, 0.3) is 11.5 Å². The molecular weight excluding hydrogens is 341 g/mol. The van der Waals surface area contributed by atoms with Crippen LogP contribution in [0.1, 0.15) is 5.89 Å². The summed E-state index contributed by atoms with van der Waals surface area (Å²) in [5.41, 5.74) is 0.268. The van der Waals surface area contributed by atoms with Gasteiger partial charge in [0.25, 0.3) is 5.89 Å². The number of nitro groups is 1. The van der Waals surface area contributed by atoms with Crippen LogP contribution in [0.15, 0.2) is 46.9 Å². The smallest absolute Gasteiger partial charge is 0.311 e. The number of hydrogen-bond donors (Lipinski definition) is 0. The molecule has 7 nitrogen and oxygen atoms in total. The van der Waals surface area contributed by atoms with E-state index in [0.29, 0.717) is 10.6 Å². The van der Waals surface area contributed by atoms with Crippen LogP contribution in [-0.4, -0.2) is 15.1 Å². The summed E-state index contributed by atoms with van der Waals surface area (Å²) in [4.78, 5) is 10.2. The molecule has 122 valence electrons. The highest BCUT2D eigenvalue weighted by Gasteiger charge is 2.17. The number of nitro benzene ring substituents is 1. The van der Waals surface area contributed by atoms with Gasteiger partial charge in [0.05, 0.1) is 4.92 Å². The Balaban J connectivity index is 1.77. The Hall–Kier alpha value is -3.00. The minimum Gasteiger partial charge on any atom is -0.477 e. The van der Waals surface area contributed by atoms with Crippen LogP contribution in [0.2, 0.25) is 5.02 Å². The van der Waals surface area contributed by atoms with Gasteiger partial charge in [-0.25, -0.2) is 4.39 Å². The second kappa shape index (κ2) is 6.63. The molecule has 0 N–H and O–H groups in total. The Morgan fingerprint density at radius 1 is 1.25 bits per heavy atom. The van der Waals surface area contributed by atoms with E-state index in [4.69, 9.17) is 20.8 Å². The third-order valence-electron chi connectivity index (χ3n) is 3.01. The van der Waals surface area contributed by atoms with Crippen molar-refractivity contribution in [2.75, 3.05) is 0 Å². The van der Waals surface area contributed by atoms with Gasteiger partial charge in [0, 0.05) is 22.7 Å². The van der Waals surface area contributed by atoms with E-state index in [1.165, 1.54) is 0 Å². The highest BCUT2D eigenvalue weighted by atomic mass is 35.5. The molecule has 0 aliphatic rings. The maximum absolute atomic E-state index is 13.2. The lowest BCUT2D eigenvalue weighted by Crippen LogP contribution is -2.00. The van der Waals surface area contributed by atoms with Gasteiger partial charge in [-0.3, -0.25) is 10.1 Å². The van der Waals surface area contributed by atoms with Crippen LogP contribution in [0.4, 0.5) is 10.1 Å². The zero-order chi connectivity index (χ0) is 17.1. The summed E-state index contributed by atoms with van der Waals surface area (Å²) in [6.07, 6.45) is 0. The molecule has 0 spiro atoms. The van der Waals surface area contributed by atoms with E-state index in [2.05, 4.69) is 10.2 Å². The monoisotopic (exact) mass is 349 g/mol. The van der Waals surface area contributed by atoms with Crippen molar-refractivity contribution in [2.24, 2.45) is 0 Å². The van der Waals surface area contributed by atoms with Gasteiger partial charge in [0.2, 0.25) is 11.6 Å². The Bertz CT molecular complexity index is 900. The number of nitrogens with zero attached hydrogens (tertiary/aromatic N) is 3. The number of halogens is 2. The Morgan fingerprint density at radius 3 is 2.83 bits per heavy atom. The molecule has 0 aliphatic heterocycles. The summed E-state index contributed by atoms with van der Waals surface area (Å²) in [5.74, 6) is -0.559. The number of aromatic nitrogens is 2. The summed E-state index contributed by atoms with van der Waals surface area (Å²) < 4.78 is 23.9. The number of rotatable bonds is 5. The molecule has 0 amide bonds. The average Bonchev–Trinajstić information content (AvgIpc) is 3.01. The third kappa shape index (κ3) is 3.49. The summed E-state index contributed by atoms with van der Waals surface area (Å²) in [6.45, 7) is -0.238. The SMILES string of the molecule is O=[N+]([O-])c1ccc(F)cc1OCc1nnc(-c2cccc(Cl)c2)o1. The lowest BCUT2D eigenvalue weighted by molar-refractivity contribution is -0.386. The predicted octanol–water partition coefficient (Wildman–Crippen LogP) is 4.02. The van der Waals surface area contributed by atoms with Crippen molar-refractivity contribution in [3.05, 3.63) is 69.3 Å². The topological polar surface area (TPSA) is 91.3 Å². The van der Waals surface area contributed by atoms with Gasteiger partial charge < -0.3 is 9.15 Å². The number of hydrogen-bond acceptors (Lipinski definition) is 6. The minimum atomic E-state index is -0.667. The zero-order valence-electron chi connectivity index (χ0n) is 12.0. The summed E-state index contributed by atoms with van der Waals surface area (Å²) in [5, 5.41) is 19.1. The van der Waals surface area contributed by atoms with Gasteiger partial charge >= 0.3 is 5.69 Å². The van der Waals surface area contributed by atoms with E-state index in [1.807, 2.05) is 0 Å². The van der Waals surface area contributed by atoms with E-state index >= 15 is 0 Å². The molecule has 24 heavy (non-hydrogen) atoms. The van der Waals surface area contributed by atoms with Crippen LogP contribution in [0.5, 0.6) is 5.75 Å². The quantitative estimate of drug-likeness (QED) is 0.510. The van der Waals surface area contributed by atoms with E-state index in [-0.39, 0.29) is 29.8 Å². The van der Waals surface area contributed by atoms with Gasteiger partial charge in [-0.05, 0) is 24.3 Å². The first-order valence-electron chi connectivity index (χ1n) is 6.68. The van der Waals surface area contributed by atoms with Crippen molar-refractivity contribution in [2.45, 2.75) is 6.61 Å². The number of benzene rings is 2. The zero-order valence-corrected chi connectivity index (χ0v) is 12.7. The van der Waals surface area contributed by atoms with Crippen molar-refractivity contribution in [1.29, 1.82) is 0 Å². The Morgan fingerprint density at radius 2 is 2.08 bits per heavy atom.